The van der Waals surface area contributed by atoms with Crippen molar-refractivity contribution in [2.45, 2.75) is 13.5 Å². The number of piperazine rings is 1. The first-order valence-corrected chi connectivity index (χ1v) is 11.9. The van der Waals surface area contributed by atoms with E-state index in [1.165, 1.54) is 11.3 Å². The van der Waals surface area contributed by atoms with Gasteiger partial charge in [-0.05, 0) is 60.3 Å². The van der Waals surface area contributed by atoms with E-state index in [2.05, 4.69) is 46.3 Å². The first-order valence-electron chi connectivity index (χ1n) is 11.5. The van der Waals surface area contributed by atoms with E-state index in [9.17, 15) is 4.79 Å². The fourth-order valence-corrected chi connectivity index (χ4v) is 4.61. The van der Waals surface area contributed by atoms with E-state index in [0.29, 0.717) is 12.1 Å². The molecular weight excluding hydrogens is 444 g/mol. The third-order valence-electron chi connectivity index (χ3n) is 6.31. The zero-order valence-corrected chi connectivity index (χ0v) is 19.9. The summed E-state index contributed by atoms with van der Waals surface area (Å²) in [6.07, 6.45) is 1.85. The lowest BCUT2D eigenvalue weighted by Gasteiger charge is -2.37. The molecule has 5 rings (SSSR count). The van der Waals surface area contributed by atoms with Gasteiger partial charge in [-0.15, -0.1) is 0 Å². The Hall–Kier alpha value is -3.57. The van der Waals surface area contributed by atoms with Crippen LogP contribution in [0.15, 0.2) is 79.0 Å². The lowest BCUT2D eigenvalue weighted by atomic mass is 10.1. The molecule has 1 aliphatic rings. The zero-order chi connectivity index (χ0) is 23.5. The standard InChI is InChI=1S/C28H27ClN4O/c1-20-3-2-4-21(17-20)19-31-28(34)23-6-5-22-11-12-30-27(26(22)18-23)33-15-13-32(14-16-33)25-9-7-24(29)8-10-25/h2-12,17-18H,13-16,19H2,1H3,(H,31,34). The predicted octanol–water partition coefficient (Wildman–Crippen LogP) is 5.45. The average molecular weight is 471 g/mol. The van der Waals surface area contributed by atoms with Crippen LogP contribution in [-0.2, 0) is 6.54 Å². The molecule has 1 amide bonds. The highest BCUT2D eigenvalue weighted by Crippen LogP contribution is 2.28. The molecule has 0 atom stereocenters. The van der Waals surface area contributed by atoms with Crippen molar-refractivity contribution in [3.63, 3.8) is 0 Å². The first kappa shape index (κ1) is 22.2. The second-order valence-corrected chi connectivity index (χ2v) is 9.13. The number of amides is 1. The van der Waals surface area contributed by atoms with Crippen molar-refractivity contribution in [3.8, 4) is 0 Å². The lowest BCUT2D eigenvalue weighted by molar-refractivity contribution is 0.0951. The van der Waals surface area contributed by atoms with Crippen LogP contribution in [0.3, 0.4) is 0 Å². The number of aryl methyl sites for hydroxylation is 1. The minimum absolute atomic E-state index is 0.0780. The van der Waals surface area contributed by atoms with Gasteiger partial charge >= 0.3 is 0 Å². The molecular formula is C28H27ClN4O. The van der Waals surface area contributed by atoms with Crippen molar-refractivity contribution < 1.29 is 4.79 Å². The summed E-state index contributed by atoms with van der Waals surface area (Å²) in [5.74, 6) is 0.854. The van der Waals surface area contributed by atoms with Crippen molar-refractivity contribution in [2.24, 2.45) is 0 Å². The molecule has 0 radical (unpaired) electrons. The van der Waals surface area contributed by atoms with Gasteiger partial charge in [0.05, 0.1) is 0 Å². The molecule has 2 heterocycles. The second kappa shape index (κ2) is 9.74. The Kier molecular flexibility index (Phi) is 6.37. The molecule has 1 N–H and O–H groups in total. The van der Waals surface area contributed by atoms with Gasteiger partial charge in [0.15, 0.2) is 0 Å². The summed E-state index contributed by atoms with van der Waals surface area (Å²) in [6.45, 7) is 6.08. The van der Waals surface area contributed by atoms with Crippen LogP contribution in [0.1, 0.15) is 21.5 Å². The number of rotatable bonds is 5. The van der Waals surface area contributed by atoms with Crippen LogP contribution in [-0.4, -0.2) is 37.1 Å². The van der Waals surface area contributed by atoms with Gasteiger partial charge in [-0.1, -0.05) is 47.5 Å². The molecule has 6 heteroatoms. The normalized spacial score (nSPS) is 13.8. The van der Waals surface area contributed by atoms with E-state index < -0.39 is 0 Å². The highest BCUT2D eigenvalue weighted by molar-refractivity contribution is 6.30. The van der Waals surface area contributed by atoms with Crippen LogP contribution in [0.4, 0.5) is 11.5 Å². The van der Waals surface area contributed by atoms with Gasteiger partial charge in [-0.2, -0.15) is 0 Å². The summed E-state index contributed by atoms with van der Waals surface area (Å²) in [6, 6.07) is 24.0. The summed E-state index contributed by atoms with van der Waals surface area (Å²) in [5.41, 5.74) is 4.11. The van der Waals surface area contributed by atoms with Gasteiger partial charge in [-0.25, -0.2) is 4.98 Å². The fourth-order valence-electron chi connectivity index (χ4n) is 4.48. The summed E-state index contributed by atoms with van der Waals surface area (Å²) in [4.78, 5) is 22.3. The number of benzene rings is 3. The molecule has 1 aliphatic heterocycles. The van der Waals surface area contributed by atoms with Gasteiger partial charge in [0.25, 0.3) is 5.91 Å². The average Bonchev–Trinajstić information content (AvgIpc) is 2.87. The summed E-state index contributed by atoms with van der Waals surface area (Å²) < 4.78 is 0. The van der Waals surface area contributed by atoms with E-state index >= 15 is 0 Å². The number of anilines is 2. The quantitative estimate of drug-likeness (QED) is 0.421. The van der Waals surface area contributed by atoms with Crippen molar-refractivity contribution >= 4 is 39.8 Å². The SMILES string of the molecule is Cc1cccc(CNC(=O)c2ccc3ccnc(N4CCN(c5ccc(Cl)cc5)CC4)c3c2)c1. The molecule has 0 spiro atoms. The van der Waals surface area contributed by atoms with Crippen molar-refractivity contribution in [1.82, 2.24) is 10.3 Å². The van der Waals surface area contributed by atoms with E-state index in [1.54, 1.807) is 0 Å². The van der Waals surface area contributed by atoms with Crippen LogP contribution in [0.2, 0.25) is 5.02 Å². The molecule has 3 aromatic carbocycles. The summed E-state index contributed by atoms with van der Waals surface area (Å²) >= 11 is 6.04. The first-order chi connectivity index (χ1) is 16.6. The number of halogens is 1. The molecule has 4 aromatic rings. The number of hydrogen-bond donors (Lipinski definition) is 1. The van der Waals surface area contributed by atoms with E-state index in [1.807, 2.05) is 54.7 Å². The Morgan fingerprint density at radius 2 is 1.71 bits per heavy atom. The minimum atomic E-state index is -0.0780. The summed E-state index contributed by atoms with van der Waals surface area (Å²) in [7, 11) is 0. The maximum absolute atomic E-state index is 12.9. The number of fused-ring (bicyclic) bond motifs is 1. The highest BCUT2D eigenvalue weighted by atomic mass is 35.5. The second-order valence-electron chi connectivity index (χ2n) is 8.69. The molecule has 34 heavy (non-hydrogen) atoms. The molecule has 1 fully saturated rings. The molecule has 0 unspecified atom stereocenters. The number of nitrogens with one attached hydrogen (secondary N) is 1. The maximum Gasteiger partial charge on any atom is 0.251 e. The molecule has 0 aliphatic carbocycles. The van der Waals surface area contributed by atoms with Crippen LogP contribution < -0.4 is 15.1 Å². The van der Waals surface area contributed by atoms with Gasteiger partial charge in [0, 0.05) is 60.6 Å². The Morgan fingerprint density at radius 1 is 0.941 bits per heavy atom. The molecule has 1 aromatic heterocycles. The Morgan fingerprint density at radius 3 is 2.47 bits per heavy atom. The topological polar surface area (TPSA) is 48.5 Å². The minimum Gasteiger partial charge on any atom is -0.368 e. The Bertz CT molecular complexity index is 1310. The number of carbonyl (C=O) groups is 1. The predicted molar refractivity (Wildman–Crippen MR) is 140 cm³/mol. The molecule has 172 valence electrons. The van der Waals surface area contributed by atoms with E-state index in [4.69, 9.17) is 16.6 Å². The lowest BCUT2D eigenvalue weighted by Crippen LogP contribution is -2.46. The van der Waals surface area contributed by atoms with Gasteiger partial charge in [-0.3, -0.25) is 4.79 Å². The monoisotopic (exact) mass is 470 g/mol. The maximum atomic E-state index is 12.9. The van der Waals surface area contributed by atoms with Gasteiger partial charge in [0.1, 0.15) is 5.82 Å². The smallest absolute Gasteiger partial charge is 0.251 e. The largest absolute Gasteiger partial charge is 0.368 e. The number of pyridine rings is 1. The van der Waals surface area contributed by atoms with Gasteiger partial charge < -0.3 is 15.1 Å². The van der Waals surface area contributed by atoms with Crippen molar-refractivity contribution in [2.75, 3.05) is 36.0 Å². The third-order valence-corrected chi connectivity index (χ3v) is 6.57. The Labute approximate surface area is 205 Å². The zero-order valence-electron chi connectivity index (χ0n) is 19.2. The summed E-state index contributed by atoms with van der Waals surface area (Å²) in [5, 5.41) is 5.88. The Balaban J connectivity index is 1.32. The number of carbonyl (C=O) groups excluding carboxylic acids is 1. The van der Waals surface area contributed by atoms with Crippen LogP contribution in [0.25, 0.3) is 10.8 Å². The van der Waals surface area contributed by atoms with Crippen LogP contribution in [0.5, 0.6) is 0 Å². The molecule has 1 saturated heterocycles. The molecule has 0 saturated carbocycles. The number of aromatic nitrogens is 1. The number of hydrogen-bond acceptors (Lipinski definition) is 4. The molecule has 5 nitrogen and oxygen atoms in total. The number of nitrogens with zero attached hydrogens (tertiary/aromatic N) is 3. The van der Waals surface area contributed by atoms with Crippen molar-refractivity contribution in [3.05, 3.63) is 101 Å². The molecule has 0 bridgehead atoms. The third kappa shape index (κ3) is 4.85. The van der Waals surface area contributed by atoms with Crippen LogP contribution >= 0.6 is 11.6 Å². The van der Waals surface area contributed by atoms with E-state index in [0.717, 1.165) is 53.4 Å². The highest BCUT2D eigenvalue weighted by Gasteiger charge is 2.20. The van der Waals surface area contributed by atoms with Gasteiger partial charge in [0.2, 0.25) is 0 Å². The van der Waals surface area contributed by atoms with Crippen molar-refractivity contribution in [1.29, 1.82) is 0 Å². The van der Waals surface area contributed by atoms with E-state index in [-0.39, 0.29) is 5.91 Å². The van der Waals surface area contributed by atoms with Crippen LogP contribution in [0, 0.1) is 6.92 Å². The fraction of sp³-hybridized carbons (Fsp3) is 0.214.